The van der Waals surface area contributed by atoms with Crippen LogP contribution >= 0.6 is 0 Å². The minimum absolute atomic E-state index is 0.0904. The standard InChI is InChI=1S/C8H11F2N3/c9-4-1-5(7(12)3-11)8(13)6(10)2-4/h1-2,7H,3,11-13H2/t7-/m1/s1. The number of nitrogen functional groups attached to an aromatic ring is 1. The Morgan fingerprint density at radius 3 is 2.46 bits per heavy atom. The second-order valence-electron chi connectivity index (χ2n) is 2.73. The highest BCUT2D eigenvalue weighted by atomic mass is 19.1. The first kappa shape index (κ1) is 9.88. The average Bonchev–Trinajstić information content (AvgIpc) is 2.10. The molecule has 13 heavy (non-hydrogen) atoms. The number of hydrogen-bond donors (Lipinski definition) is 3. The van der Waals surface area contributed by atoms with E-state index in [1.165, 1.54) is 0 Å². The smallest absolute Gasteiger partial charge is 0.149 e. The molecule has 0 aliphatic heterocycles. The van der Waals surface area contributed by atoms with Gasteiger partial charge in [-0.3, -0.25) is 0 Å². The molecule has 0 unspecified atom stereocenters. The number of hydrogen-bond acceptors (Lipinski definition) is 3. The van der Waals surface area contributed by atoms with Gasteiger partial charge in [0.25, 0.3) is 0 Å². The third-order valence-corrected chi connectivity index (χ3v) is 1.78. The Balaban J connectivity index is 3.20. The zero-order chi connectivity index (χ0) is 10.0. The Kier molecular flexibility index (Phi) is 2.79. The van der Waals surface area contributed by atoms with E-state index < -0.39 is 17.7 Å². The Labute approximate surface area is 74.5 Å². The lowest BCUT2D eigenvalue weighted by atomic mass is 10.1. The molecule has 0 saturated heterocycles. The summed E-state index contributed by atoms with van der Waals surface area (Å²) in [6, 6.07) is 1.17. The van der Waals surface area contributed by atoms with Crippen molar-refractivity contribution in [1.82, 2.24) is 0 Å². The second kappa shape index (κ2) is 3.68. The molecule has 0 fully saturated rings. The van der Waals surface area contributed by atoms with Crippen LogP contribution in [0.15, 0.2) is 12.1 Å². The fraction of sp³-hybridized carbons (Fsp3) is 0.250. The van der Waals surface area contributed by atoms with E-state index in [-0.39, 0.29) is 17.8 Å². The quantitative estimate of drug-likeness (QED) is 0.590. The van der Waals surface area contributed by atoms with Gasteiger partial charge in [0.2, 0.25) is 0 Å². The molecule has 1 atom stereocenters. The Morgan fingerprint density at radius 1 is 1.31 bits per heavy atom. The first-order valence-corrected chi connectivity index (χ1v) is 3.76. The maximum atomic E-state index is 12.9. The molecule has 0 aliphatic rings. The number of rotatable bonds is 2. The van der Waals surface area contributed by atoms with Gasteiger partial charge in [-0.2, -0.15) is 0 Å². The van der Waals surface area contributed by atoms with Crippen molar-refractivity contribution in [2.45, 2.75) is 6.04 Å². The van der Waals surface area contributed by atoms with E-state index in [1.807, 2.05) is 0 Å². The van der Waals surface area contributed by atoms with Crippen molar-refractivity contribution in [1.29, 1.82) is 0 Å². The highest BCUT2D eigenvalue weighted by molar-refractivity contribution is 5.50. The highest BCUT2D eigenvalue weighted by Crippen LogP contribution is 2.22. The summed E-state index contributed by atoms with van der Waals surface area (Å²) in [6.07, 6.45) is 0. The van der Waals surface area contributed by atoms with E-state index in [9.17, 15) is 8.78 Å². The molecular formula is C8H11F2N3. The maximum Gasteiger partial charge on any atom is 0.149 e. The van der Waals surface area contributed by atoms with Crippen LogP contribution in [0.5, 0.6) is 0 Å². The van der Waals surface area contributed by atoms with E-state index in [0.29, 0.717) is 6.07 Å². The van der Waals surface area contributed by atoms with Gasteiger partial charge in [-0.15, -0.1) is 0 Å². The Bertz CT molecular complexity index is 315. The van der Waals surface area contributed by atoms with Crippen molar-refractivity contribution >= 4 is 5.69 Å². The summed E-state index contributed by atoms with van der Waals surface area (Å²) in [7, 11) is 0. The van der Waals surface area contributed by atoms with E-state index in [4.69, 9.17) is 17.2 Å². The third-order valence-electron chi connectivity index (χ3n) is 1.78. The summed E-state index contributed by atoms with van der Waals surface area (Å²) < 4.78 is 25.6. The Hall–Kier alpha value is -1.20. The van der Waals surface area contributed by atoms with Crippen LogP contribution in [-0.4, -0.2) is 6.54 Å². The van der Waals surface area contributed by atoms with Crippen molar-refractivity contribution in [3.63, 3.8) is 0 Å². The normalized spacial score (nSPS) is 12.9. The largest absolute Gasteiger partial charge is 0.396 e. The van der Waals surface area contributed by atoms with Crippen LogP contribution in [-0.2, 0) is 0 Å². The maximum absolute atomic E-state index is 12.9. The number of benzene rings is 1. The molecule has 1 rings (SSSR count). The highest BCUT2D eigenvalue weighted by Gasteiger charge is 2.13. The van der Waals surface area contributed by atoms with Gasteiger partial charge in [-0.1, -0.05) is 0 Å². The van der Waals surface area contributed by atoms with Gasteiger partial charge in [0.15, 0.2) is 0 Å². The van der Waals surface area contributed by atoms with Gasteiger partial charge < -0.3 is 17.2 Å². The van der Waals surface area contributed by atoms with Gasteiger partial charge in [0.05, 0.1) is 5.69 Å². The van der Waals surface area contributed by atoms with Gasteiger partial charge >= 0.3 is 0 Å². The van der Waals surface area contributed by atoms with Gasteiger partial charge in [-0.25, -0.2) is 8.78 Å². The predicted molar refractivity (Wildman–Crippen MR) is 46.8 cm³/mol. The zero-order valence-corrected chi connectivity index (χ0v) is 6.93. The fourth-order valence-corrected chi connectivity index (χ4v) is 1.04. The van der Waals surface area contributed by atoms with Crippen LogP contribution < -0.4 is 17.2 Å². The molecule has 1 aromatic carbocycles. The number of nitrogens with two attached hydrogens (primary N) is 3. The molecule has 0 aromatic heterocycles. The zero-order valence-electron chi connectivity index (χ0n) is 6.93. The summed E-state index contributed by atoms with van der Waals surface area (Å²) in [4.78, 5) is 0. The van der Waals surface area contributed by atoms with Gasteiger partial charge in [0.1, 0.15) is 11.6 Å². The number of halogens is 2. The fourth-order valence-electron chi connectivity index (χ4n) is 1.04. The van der Waals surface area contributed by atoms with Crippen LogP contribution in [0, 0.1) is 11.6 Å². The van der Waals surface area contributed by atoms with Crippen LogP contribution in [0.1, 0.15) is 11.6 Å². The van der Waals surface area contributed by atoms with E-state index in [0.717, 1.165) is 6.07 Å². The Morgan fingerprint density at radius 2 is 1.92 bits per heavy atom. The molecule has 0 aliphatic carbocycles. The minimum atomic E-state index is -0.807. The van der Waals surface area contributed by atoms with Gasteiger partial charge in [-0.05, 0) is 11.6 Å². The van der Waals surface area contributed by atoms with Crippen molar-refractivity contribution < 1.29 is 8.78 Å². The first-order valence-electron chi connectivity index (χ1n) is 3.76. The minimum Gasteiger partial charge on any atom is -0.396 e. The van der Waals surface area contributed by atoms with Crippen molar-refractivity contribution in [3.8, 4) is 0 Å². The molecule has 0 spiro atoms. The topological polar surface area (TPSA) is 78.1 Å². The molecule has 72 valence electrons. The third kappa shape index (κ3) is 1.93. The molecular weight excluding hydrogens is 176 g/mol. The van der Waals surface area contributed by atoms with Crippen LogP contribution in [0.4, 0.5) is 14.5 Å². The SMILES string of the molecule is NC[C@@H](N)c1cc(F)cc(F)c1N. The molecule has 0 bridgehead atoms. The predicted octanol–water partition coefficient (Wildman–Crippen LogP) is 0.506. The van der Waals surface area contributed by atoms with E-state index >= 15 is 0 Å². The molecule has 1 aromatic rings. The lowest BCUT2D eigenvalue weighted by molar-refractivity contribution is 0.577. The molecule has 0 saturated carbocycles. The summed E-state index contributed by atoms with van der Waals surface area (Å²) in [6.45, 7) is 0.0904. The van der Waals surface area contributed by atoms with E-state index in [2.05, 4.69) is 0 Å². The summed E-state index contributed by atoms with van der Waals surface area (Å²) in [5.41, 5.74) is 16.2. The molecule has 0 amide bonds. The molecule has 5 heteroatoms. The number of anilines is 1. The monoisotopic (exact) mass is 187 g/mol. The van der Waals surface area contributed by atoms with Crippen LogP contribution in [0.2, 0.25) is 0 Å². The molecule has 0 heterocycles. The molecule has 3 nitrogen and oxygen atoms in total. The lowest BCUT2D eigenvalue weighted by Crippen LogP contribution is -2.22. The summed E-state index contributed by atoms with van der Waals surface area (Å²) in [5, 5.41) is 0. The first-order chi connectivity index (χ1) is 6.06. The van der Waals surface area contributed by atoms with Crippen LogP contribution in [0.3, 0.4) is 0 Å². The van der Waals surface area contributed by atoms with Crippen LogP contribution in [0.25, 0.3) is 0 Å². The lowest BCUT2D eigenvalue weighted by Gasteiger charge is -2.12. The van der Waals surface area contributed by atoms with Crippen molar-refractivity contribution in [3.05, 3.63) is 29.3 Å². The molecule has 0 radical (unpaired) electrons. The van der Waals surface area contributed by atoms with Crippen molar-refractivity contribution in [2.75, 3.05) is 12.3 Å². The summed E-state index contributed by atoms with van der Waals surface area (Å²) >= 11 is 0. The average molecular weight is 187 g/mol. The summed E-state index contributed by atoms with van der Waals surface area (Å²) in [5.74, 6) is -1.51. The van der Waals surface area contributed by atoms with E-state index in [1.54, 1.807) is 0 Å². The van der Waals surface area contributed by atoms with Gasteiger partial charge in [0, 0.05) is 18.7 Å². The molecule has 6 N–H and O–H groups in total. The van der Waals surface area contributed by atoms with Crippen molar-refractivity contribution in [2.24, 2.45) is 11.5 Å². The second-order valence-corrected chi connectivity index (χ2v) is 2.73.